The molecule has 15 heteroatoms. The summed E-state index contributed by atoms with van der Waals surface area (Å²) in [7, 11) is 1.00. The Morgan fingerprint density at radius 1 is 0.950 bits per heavy atom. The van der Waals surface area contributed by atoms with Gasteiger partial charge in [-0.05, 0) is 42.5 Å². The number of ether oxygens (including phenoxy) is 4. The molecule has 3 rings (SSSR count). The van der Waals surface area contributed by atoms with Gasteiger partial charge in [0.05, 0.1) is 50.2 Å². The quantitative estimate of drug-likeness (QED) is 0.188. The zero-order valence-electron chi connectivity index (χ0n) is 21.8. The van der Waals surface area contributed by atoms with Crippen LogP contribution in [0.1, 0.15) is 5.56 Å². The average Bonchev–Trinajstić information content (AvgIpc) is 2.95. The molecule has 0 aromatic heterocycles. The van der Waals surface area contributed by atoms with Crippen LogP contribution in [0.2, 0.25) is 5.02 Å². The van der Waals surface area contributed by atoms with Gasteiger partial charge < -0.3 is 18.9 Å². The van der Waals surface area contributed by atoms with E-state index in [1.54, 1.807) is 0 Å². The molecule has 0 aliphatic heterocycles. The molecule has 1 amide bonds. The fourth-order valence-electron chi connectivity index (χ4n) is 3.54. The molecule has 3 aromatic rings. The monoisotopic (exact) mass is 592 g/mol. The lowest BCUT2D eigenvalue weighted by Crippen LogP contribution is -2.39. The molecule has 0 heterocycles. The Hall–Kier alpha value is -4.56. The van der Waals surface area contributed by atoms with Crippen molar-refractivity contribution in [2.45, 2.75) is 4.90 Å². The number of methoxy groups -OCH3 is 4. The molecule has 0 bridgehead atoms. The van der Waals surface area contributed by atoms with E-state index < -0.39 is 27.4 Å². The Morgan fingerprint density at radius 3 is 2.20 bits per heavy atom. The highest BCUT2D eigenvalue weighted by Gasteiger charge is 2.30. The zero-order valence-corrected chi connectivity index (χ0v) is 23.4. The zero-order chi connectivity index (χ0) is 29.4. The molecule has 0 fully saturated rings. The van der Waals surface area contributed by atoms with Gasteiger partial charge >= 0.3 is 5.69 Å². The van der Waals surface area contributed by atoms with Gasteiger partial charge in [0.2, 0.25) is 0 Å². The molecule has 3 aromatic carbocycles. The number of halogens is 1. The number of amides is 1. The van der Waals surface area contributed by atoms with E-state index in [0.29, 0.717) is 11.3 Å². The van der Waals surface area contributed by atoms with Crippen molar-refractivity contribution >= 4 is 45.1 Å². The van der Waals surface area contributed by atoms with Gasteiger partial charge in [-0.25, -0.2) is 13.8 Å². The lowest BCUT2D eigenvalue weighted by molar-refractivity contribution is -0.385. The Kier molecular flexibility index (Phi) is 9.74. The maximum atomic E-state index is 13.8. The van der Waals surface area contributed by atoms with Crippen LogP contribution in [0, 0.1) is 10.1 Å². The number of benzene rings is 3. The Balaban J connectivity index is 1.96. The van der Waals surface area contributed by atoms with Crippen LogP contribution in [0.15, 0.2) is 64.6 Å². The van der Waals surface area contributed by atoms with E-state index in [1.807, 2.05) is 0 Å². The first kappa shape index (κ1) is 30.0. The normalized spacial score (nSPS) is 11.1. The molecule has 0 atom stereocenters. The van der Waals surface area contributed by atoms with Crippen molar-refractivity contribution in [3.63, 3.8) is 0 Å². The standard InChI is InChI=1S/C25H25ClN4O9S/c1-36-21-9-6-17(26)12-19(21)29(40(34,35)18-7-10-23(38-3)24(13-18)39-4)15-25(31)28-27-14-16-5-8-22(37-2)20(11-16)30(32)33/h5-14H,15H2,1-4H3,(H,28,31)/b27-14-. The second kappa shape index (κ2) is 13.0. The van der Waals surface area contributed by atoms with Gasteiger partial charge in [-0.3, -0.25) is 19.2 Å². The summed E-state index contributed by atoms with van der Waals surface area (Å²) < 4.78 is 49.1. The number of carbonyl (C=O) groups is 1. The summed E-state index contributed by atoms with van der Waals surface area (Å²) in [5, 5.41) is 15.3. The van der Waals surface area contributed by atoms with E-state index in [2.05, 4.69) is 10.5 Å². The van der Waals surface area contributed by atoms with Crippen molar-refractivity contribution < 1.29 is 37.1 Å². The van der Waals surface area contributed by atoms with Crippen LogP contribution in [-0.2, 0) is 14.8 Å². The second-order valence-electron chi connectivity index (χ2n) is 7.83. The van der Waals surface area contributed by atoms with Crippen molar-refractivity contribution in [1.29, 1.82) is 0 Å². The summed E-state index contributed by atoms with van der Waals surface area (Å²) in [5.41, 5.74) is 2.22. The van der Waals surface area contributed by atoms with Gasteiger partial charge in [-0.2, -0.15) is 5.10 Å². The Morgan fingerprint density at radius 2 is 1.57 bits per heavy atom. The minimum absolute atomic E-state index is 0.00491. The number of nitrogens with one attached hydrogen (secondary N) is 1. The van der Waals surface area contributed by atoms with E-state index in [9.17, 15) is 23.3 Å². The van der Waals surface area contributed by atoms with Crippen molar-refractivity contribution in [3.05, 3.63) is 75.3 Å². The lowest BCUT2D eigenvalue weighted by Gasteiger charge is -2.25. The van der Waals surface area contributed by atoms with Gasteiger partial charge in [0.25, 0.3) is 15.9 Å². The van der Waals surface area contributed by atoms with Crippen LogP contribution in [0.4, 0.5) is 11.4 Å². The lowest BCUT2D eigenvalue weighted by atomic mass is 10.2. The van der Waals surface area contributed by atoms with Crippen LogP contribution in [-0.4, -0.2) is 60.4 Å². The SMILES string of the molecule is COc1ccc(S(=O)(=O)N(CC(=O)N/N=C\c2ccc(OC)c([N+](=O)[O-])c2)c2cc(Cl)ccc2OC)cc1OC. The van der Waals surface area contributed by atoms with E-state index in [-0.39, 0.29) is 38.5 Å². The number of nitro groups is 1. The highest BCUT2D eigenvalue weighted by molar-refractivity contribution is 7.92. The maximum absolute atomic E-state index is 13.8. The third-order valence-electron chi connectivity index (χ3n) is 5.44. The molecule has 0 unspecified atom stereocenters. The topological polar surface area (TPSA) is 159 Å². The fraction of sp³-hybridized carbons (Fsp3) is 0.200. The van der Waals surface area contributed by atoms with Gasteiger partial charge in [-0.15, -0.1) is 0 Å². The van der Waals surface area contributed by atoms with Crippen molar-refractivity contribution in [3.8, 4) is 23.0 Å². The van der Waals surface area contributed by atoms with E-state index >= 15 is 0 Å². The Labute approximate surface area is 235 Å². The summed E-state index contributed by atoms with van der Waals surface area (Å²) in [6.45, 7) is -0.729. The first-order valence-electron chi connectivity index (χ1n) is 11.3. The van der Waals surface area contributed by atoms with Crippen LogP contribution in [0.3, 0.4) is 0 Å². The molecular weight excluding hydrogens is 568 g/mol. The van der Waals surface area contributed by atoms with E-state index in [1.165, 1.54) is 83.0 Å². The largest absolute Gasteiger partial charge is 0.495 e. The van der Waals surface area contributed by atoms with Crippen LogP contribution in [0.25, 0.3) is 0 Å². The number of hydrogen-bond donors (Lipinski definition) is 1. The predicted molar refractivity (Wildman–Crippen MR) is 147 cm³/mol. The van der Waals surface area contributed by atoms with Gasteiger partial charge in [0.1, 0.15) is 12.3 Å². The van der Waals surface area contributed by atoms with Gasteiger partial charge in [-0.1, -0.05) is 11.6 Å². The minimum Gasteiger partial charge on any atom is -0.495 e. The summed E-state index contributed by atoms with van der Waals surface area (Å²) in [6, 6.07) is 12.3. The summed E-state index contributed by atoms with van der Waals surface area (Å²) in [6.07, 6.45) is 1.16. The molecule has 0 radical (unpaired) electrons. The summed E-state index contributed by atoms with van der Waals surface area (Å²) in [4.78, 5) is 23.3. The molecule has 0 saturated carbocycles. The molecule has 1 N–H and O–H groups in total. The minimum atomic E-state index is -4.40. The third-order valence-corrected chi connectivity index (χ3v) is 7.43. The fourth-order valence-corrected chi connectivity index (χ4v) is 5.14. The van der Waals surface area contributed by atoms with Crippen molar-refractivity contribution in [1.82, 2.24) is 5.43 Å². The van der Waals surface area contributed by atoms with Gasteiger partial charge in [0.15, 0.2) is 17.2 Å². The van der Waals surface area contributed by atoms with E-state index in [4.69, 9.17) is 30.5 Å². The molecule has 0 aliphatic rings. The molecule has 0 aliphatic carbocycles. The molecule has 0 saturated heterocycles. The highest BCUT2D eigenvalue weighted by atomic mass is 35.5. The predicted octanol–water partition coefficient (Wildman–Crippen LogP) is 3.63. The van der Waals surface area contributed by atoms with E-state index in [0.717, 1.165) is 10.5 Å². The summed E-state index contributed by atoms with van der Waals surface area (Å²) >= 11 is 6.15. The van der Waals surface area contributed by atoms with Crippen LogP contribution in [0.5, 0.6) is 23.0 Å². The molecule has 40 heavy (non-hydrogen) atoms. The first-order valence-corrected chi connectivity index (χ1v) is 13.1. The number of nitro benzene ring substituents is 1. The second-order valence-corrected chi connectivity index (χ2v) is 10.1. The number of anilines is 1. The van der Waals surface area contributed by atoms with Crippen LogP contribution < -0.4 is 28.7 Å². The van der Waals surface area contributed by atoms with Crippen molar-refractivity contribution in [2.75, 3.05) is 39.3 Å². The molecule has 212 valence electrons. The molecular formula is C25H25ClN4O9S. The first-order chi connectivity index (χ1) is 19.0. The number of sulfonamides is 1. The maximum Gasteiger partial charge on any atom is 0.311 e. The molecule has 0 spiro atoms. The number of hydrazone groups is 1. The highest BCUT2D eigenvalue weighted by Crippen LogP contribution is 2.37. The number of rotatable bonds is 12. The third kappa shape index (κ3) is 6.71. The van der Waals surface area contributed by atoms with Crippen molar-refractivity contribution in [2.24, 2.45) is 5.10 Å². The Bertz CT molecular complexity index is 1550. The smallest absolute Gasteiger partial charge is 0.311 e. The van der Waals surface area contributed by atoms with Gasteiger partial charge in [0, 0.05) is 22.7 Å². The summed E-state index contributed by atoms with van der Waals surface area (Å²) in [5.74, 6) is -0.179. The van der Waals surface area contributed by atoms with Crippen LogP contribution >= 0.6 is 11.6 Å². The number of hydrogen-bond acceptors (Lipinski definition) is 10. The number of carbonyl (C=O) groups excluding carboxylic acids is 1. The molecule has 13 nitrogen and oxygen atoms in total. The number of nitrogens with zero attached hydrogens (tertiary/aromatic N) is 3. The average molecular weight is 593 g/mol.